The number of fused-ring (bicyclic) bond motifs is 1. The minimum atomic E-state index is -0.468. The molecule has 1 N–H and O–H groups in total. The van der Waals surface area contributed by atoms with Crippen molar-refractivity contribution in [3.8, 4) is 11.1 Å². The molecule has 30 heavy (non-hydrogen) atoms. The third-order valence-electron chi connectivity index (χ3n) is 5.51. The maximum Gasteiger partial charge on any atom is 0.410 e. The Hall–Kier alpha value is -2.86. The third kappa shape index (κ3) is 4.49. The van der Waals surface area contributed by atoms with Crippen molar-refractivity contribution < 1.29 is 14.6 Å². The van der Waals surface area contributed by atoms with Gasteiger partial charge in [-0.2, -0.15) is 5.10 Å². The molecule has 0 radical (unpaired) electrons. The molecule has 6 nitrogen and oxygen atoms in total. The fourth-order valence-corrected chi connectivity index (χ4v) is 3.90. The van der Waals surface area contributed by atoms with E-state index >= 15 is 0 Å². The summed E-state index contributed by atoms with van der Waals surface area (Å²) in [5.41, 5.74) is 2.65. The fourth-order valence-electron chi connectivity index (χ4n) is 3.90. The van der Waals surface area contributed by atoms with Crippen molar-refractivity contribution in [1.82, 2.24) is 14.7 Å². The highest BCUT2D eigenvalue weighted by Crippen LogP contribution is 2.28. The minimum Gasteiger partial charge on any atom is -0.444 e. The van der Waals surface area contributed by atoms with Crippen molar-refractivity contribution in [3.63, 3.8) is 0 Å². The second kappa shape index (κ2) is 8.11. The molecule has 0 spiro atoms. The zero-order chi connectivity index (χ0) is 21.3. The van der Waals surface area contributed by atoms with Crippen LogP contribution in [0.4, 0.5) is 4.79 Å². The van der Waals surface area contributed by atoms with Gasteiger partial charge in [-0.25, -0.2) is 4.79 Å². The number of aliphatic hydroxyl groups excluding tert-OH is 1. The van der Waals surface area contributed by atoms with E-state index in [2.05, 4.69) is 29.5 Å². The number of likely N-dealkylation sites (tertiary alicyclic amines) is 1. The van der Waals surface area contributed by atoms with Gasteiger partial charge in [0.25, 0.3) is 0 Å². The Morgan fingerprint density at radius 2 is 1.80 bits per heavy atom. The van der Waals surface area contributed by atoms with Crippen molar-refractivity contribution in [1.29, 1.82) is 0 Å². The van der Waals surface area contributed by atoms with Gasteiger partial charge < -0.3 is 14.7 Å². The van der Waals surface area contributed by atoms with E-state index in [4.69, 9.17) is 4.74 Å². The van der Waals surface area contributed by atoms with Crippen LogP contribution in [0.1, 0.15) is 45.2 Å². The standard InChI is InChI=1S/C24H29N3O3/c1-24(2,3)30-23(29)26-10-8-22(9-11-26)27-15-21(14-25-27)20-7-6-18-12-17(16-28)4-5-19(18)13-20/h4-7,12-15,22,28H,8-11,16H2,1-3H3. The summed E-state index contributed by atoms with van der Waals surface area (Å²) in [6.07, 6.45) is 5.49. The van der Waals surface area contributed by atoms with Gasteiger partial charge in [-0.15, -0.1) is 0 Å². The summed E-state index contributed by atoms with van der Waals surface area (Å²) in [5.74, 6) is 0. The highest BCUT2D eigenvalue weighted by molar-refractivity contribution is 5.87. The molecule has 0 aliphatic carbocycles. The van der Waals surface area contributed by atoms with E-state index < -0.39 is 5.60 Å². The molecule has 1 aromatic heterocycles. The van der Waals surface area contributed by atoms with Crippen molar-refractivity contribution in [2.24, 2.45) is 0 Å². The van der Waals surface area contributed by atoms with Gasteiger partial charge in [0.2, 0.25) is 0 Å². The average Bonchev–Trinajstić information content (AvgIpc) is 3.22. The topological polar surface area (TPSA) is 67.6 Å². The van der Waals surface area contributed by atoms with Gasteiger partial charge >= 0.3 is 6.09 Å². The zero-order valence-corrected chi connectivity index (χ0v) is 17.8. The number of nitrogens with zero attached hydrogens (tertiary/aromatic N) is 3. The Morgan fingerprint density at radius 3 is 2.50 bits per heavy atom. The first-order valence-electron chi connectivity index (χ1n) is 10.5. The van der Waals surface area contributed by atoms with Crippen LogP contribution in [0.3, 0.4) is 0 Å². The summed E-state index contributed by atoms with van der Waals surface area (Å²) in [6, 6.07) is 12.6. The summed E-state index contributed by atoms with van der Waals surface area (Å²) < 4.78 is 7.51. The molecule has 2 aromatic carbocycles. The van der Waals surface area contributed by atoms with E-state index in [0.717, 1.165) is 40.3 Å². The molecule has 4 rings (SSSR count). The molecule has 1 aliphatic heterocycles. The van der Waals surface area contributed by atoms with Gasteiger partial charge in [0.05, 0.1) is 18.8 Å². The number of hydrogen-bond acceptors (Lipinski definition) is 4. The number of carbonyl (C=O) groups is 1. The molecule has 1 aliphatic rings. The lowest BCUT2D eigenvalue weighted by Gasteiger charge is -2.33. The van der Waals surface area contributed by atoms with Crippen LogP contribution < -0.4 is 0 Å². The molecule has 0 unspecified atom stereocenters. The van der Waals surface area contributed by atoms with E-state index in [1.54, 1.807) is 4.90 Å². The predicted molar refractivity (Wildman–Crippen MR) is 117 cm³/mol. The van der Waals surface area contributed by atoms with Gasteiger partial charge in [0, 0.05) is 24.8 Å². The van der Waals surface area contributed by atoms with Gasteiger partial charge in [0.1, 0.15) is 5.60 Å². The van der Waals surface area contributed by atoms with Crippen molar-refractivity contribution >= 4 is 16.9 Å². The highest BCUT2D eigenvalue weighted by Gasteiger charge is 2.27. The van der Waals surface area contributed by atoms with Crippen LogP contribution >= 0.6 is 0 Å². The summed E-state index contributed by atoms with van der Waals surface area (Å²) in [6.45, 7) is 7.08. The van der Waals surface area contributed by atoms with Gasteiger partial charge in [-0.1, -0.05) is 24.3 Å². The molecular weight excluding hydrogens is 378 g/mol. The Labute approximate surface area is 177 Å². The Morgan fingerprint density at radius 1 is 1.10 bits per heavy atom. The monoisotopic (exact) mass is 407 g/mol. The van der Waals surface area contributed by atoms with E-state index in [9.17, 15) is 9.90 Å². The fraction of sp³-hybridized carbons (Fsp3) is 0.417. The number of aromatic nitrogens is 2. The molecule has 1 saturated heterocycles. The Bertz CT molecular complexity index is 1040. The van der Waals surface area contributed by atoms with Crippen molar-refractivity contribution in [3.05, 3.63) is 54.4 Å². The molecule has 0 atom stereocenters. The van der Waals surface area contributed by atoms with Gasteiger partial charge in [-0.05, 0) is 67.6 Å². The normalized spacial score (nSPS) is 15.5. The van der Waals surface area contributed by atoms with Crippen LogP contribution in [0.5, 0.6) is 0 Å². The number of carbonyl (C=O) groups excluding carboxylic acids is 1. The predicted octanol–water partition coefficient (Wildman–Crippen LogP) is 4.77. The number of amides is 1. The number of aliphatic hydroxyl groups is 1. The second-order valence-corrected chi connectivity index (χ2v) is 8.96. The molecule has 0 bridgehead atoms. The Balaban J connectivity index is 1.43. The maximum absolute atomic E-state index is 12.3. The summed E-state index contributed by atoms with van der Waals surface area (Å²) in [5, 5.41) is 16.2. The zero-order valence-electron chi connectivity index (χ0n) is 17.8. The summed E-state index contributed by atoms with van der Waals surface area (Å²) in [4.78, 5) is 14.0. The van der Waals surface area contributed by atoms with Crippen LogP contribution in [0, 0.1) is 0 Å². The smallest absolute Gasteiger partial charge is 0.410 e. The van der Waals surface area contributed by atoms with Crippen molar-refractivity contribution in [2.45, 2.75) is 51.9 Å². The molecule has 158 valence electrons. The van der Waals surface area contributed by atoms with Crippen molar-refractivity contribution in [2.75, 3.05) is 13.1 Å². The lowest BCUT2D eigenvalue weighted by atomic mass is 10.0. The first-order valence-corrected chi connectivity index (χ1v) is 10.5. The maximum atomic E-state index is 12.3. The van der Waals surface area contributed by atoms with Crippen LogP contribution in [0.15, 0.2) is 48.8 Å². The highest BCUT2D eigenvalue weighted by atomic mass is 16.6. The molecule has 3 aromatic rings. The average molecular weight is 408 g/mol. The van der Waals surface area contributed by atoms with Crippen LogP contribution in [-0.2, 0) is 11.3 Å². The molecule has 6 heteroatoms. The first-order chi connectivity index (χ1) is 14.3. The lowest BCUT2D eigenvalue weighted by molar-refractivity contribution is 0.0185. The molecule has 2 heterocycles. The molecular formula is C24H29N3O3. The number of rotatable bonds is 3. The molecule has 1 fully saturated rings. The van der Waals surface area contributed by atoms with E-state index in [0.29, 0.717) is 13.1 Å². The van der Waals surface area contributed by atoms with Crippen LogP contribution in [0.2, 0.25) is 0 Å². The third-order valence-corrected chi connectivity index (χ3v) is 5.51. The number of piperidine rings is 1. The molecule has 1 amide bonds. The SMILES string of the molecule is CC(C)(C)OC(=O)N1CCC(n2cc(-c3ccc4cc(CO)ccc4c3)cn2)CC1. The summed E-state index contributed by atoms with van der Waals surface area (Å²) >= 11 is 0. The number of hydrogen-bond donors (Lipinski definition) is 1. The van der Waals surface area contributed by atoms with Crippen LogP contribution in [-0.4, -0.2) is 44.6 Å². The summed E-state index contributed by atoms with van der Waals surface area (Å²) in [7, 11) is 0. The second-order valence-electron chi connectivity index (χ2n) is 8.96. The quantitative estimate of drug-likeness (QED) is 0.679. The largest absolute Gasteiger partial charge is 0.444 e. The van der Waals surface area contributed by atoms with E-state index in [-0.39, 0.29) is 18.7 Å². The van der Waals surface area contributed by atoms with E-state index in [1.165, 1.54) is 0 Å². The molecule has 0 saturated carbocycles. The minimum absolute atomic E-state index is 0.0528. The van der Waals surface area contributed by atoms with E-state index in [1.807, 2.05) is 49.8 Å². The van der Waals surface area contributed by atoms with Gasteiger partial charge in [-0.3, -0.25) is 4.68 Å². The Kier molecular flexibility index (Phi) is 5.52. The van der Waals surface area contributed by atoms with Gasteiger partial charge in [0.15, 0.2) is 0 Å². The lowest BCUT2D eigenvalue weighted by Crippen LogP contribution is -2.42. The van der Waals surface area contributed by atoms with Crippen LogP contribution in [0.25, 0.3) is 21.9 Å². The number of ether oxygens (including phenoxy) is 1. The number of benzene rings is 2. The first kappa shape index (κ1) is 20.4.